The first-order chi connectivity index (χ1) is 9.19. The Hall–Kier alpha value is -0.650. The van der Waals surface area contributed by atoms with Crippen LogP contribution in [-0.2, 0) is 6.42 Å². The average Bonchev–Trinajstić information content (AvgIpc) is 2.84. The largest absolute Gasteiger partial charge is 0.387 e. The second-order valence-electron chi connectivity index (χ2n) is 5.64. The van der Waals surface area contributed by atoms with Crippen molar-refractivity contribution in [2.75, 3.05) is 31.1 Å². The lowest BCUT2D eigenvalue weighted by molar-refractivity contribution is 0.153. The molecule has 4 nitrogen and oxygen atoms in total. The number of aliphatic hydroxyl groups is 1. The van der Waals surface area contributed by atoms with Crippen molar-refractivity contribution in [3.05, 3.63) is 10.6 Å². The summed E-state index contributed by atoms with van der Waals surface area (Å²) in [6, 6.07) is 0.588. The molecule has 1 aromatic rings. The zero-order valence-corrected chi connectivity index (χ0v) is 12.6. The molecule has 0 radical (unpaired) electrons. The minimum Gasteiger partial charge on any atom is -0.387 e. The molecule has 19 heavy (non-hydrogen) atoms. The molecule has 0 spiro atoms. The lowest BCUT2D eigenvalue weighted by Crippen LogP contribution is -2.51. The summed E-state index contributed by atoms with van der Waals surface area (Å²) in [5, 5.41) is 11.1. The first-order valence-electron chi connectivity index (χ1n) is 7.35. The standard InChI is InChI=1S/C14H23N3OS/c1-3-16-7-8-17(9-10(16)2)14-15-13-11(18)5-4-6-12(13)19-14/h10-11,18H,3-9H2,1-2H3. The van der Waals surface area contributed by atoms with Crippen LogP contribution in [0.2, 0.25) is 0 Å². The van der Waals surface area contributed by atoms with Gasteiger partial charge in [-0.3, -0.25) is 4.90 Å². The van der Waals surface area contributed by atoms with Gasteiger partial charge in [-0.15, -0.1) is 11.3 Å². The van der Waals surface area contributed by atoms with Gasteiger partial charge in [-0.25, -0.2) is 4.98 Å². The van der Waals surface area contributed by atoms with Gasteiger partial charge in [-0.05, 0) is 32.7 Å². The Labute approximate surface area is 119 Å². The van der Waals surface area contributed by atoms with Crippen molar-refractivity contribution < 1.29 is 5.11 Å². The van der Waals surface area contributed by atoms with Crippen LogP contribution in [-0.4, -0.2) is 47.2 Å². The molecule has 1 aliphatic heterocycles. The highest BCUT2D eigenvalue weighted by atomic mass is 32.1. The number of hydrogen-bond donors (Lipinski definition) is 1. The summed E-state index contributed by atoms with van der Waals surface area (Å²) in [4.78, 5) is 10.9. The van der Waals surface area contributed by atoms with Gasteiger partial charge in [0.15, 0.2) is 5.13 Å². The predicted molar refractivity (Wildman–Crippen MR) is 78.9 cm³/mol. The maximum absolute atomic E-state index is 10.0. The Bertz CT molecular complexity index is 448. The Morgan fingerprint density at radius 1 is 1.42 bits per heavy atom. The Kier molecular flexibility index (Phi) is 3.78. The van der Waals surface area contributed by atoms with Crippen LogP contribution in [0.15, 0.2) is 0 Å². The molecule has 1 N–H and O–H groups in total. The number of aryl methyl sites for hydroxylation is 1. The smallest absolute Gasteiger partial charge is 0.185 e. The minimum absolute atomic E-state index is 0.330. The normalized spacial score (nSPS) is 28.5. The monoisotopic (exact) mass is 281 g/mol. The first-order valence-corrected chi connectivity index (χ1v) is 8.17. The van der Waals surface area contributed by atoms with Crippen LogP contribution >= 0.6 is 11.3 Å². The van der Waals surface area contributed by atoms with Crippen LogP contribution in [0.1, 0.15) is 43.4 Å². The topological polar surface area (TPSA) is 39.6 Å². The van der Waals surface area contributed by atoms with Crippen LogP contribution in [0.4, 0.5) is 5.13 Å². The number of aromatic nitrogens is 1. The van der Waals surface area contributed by atoms with Gasteiger partial charge in [0.25, 0.3) is 0 Å². The van der Waals surface area contributed by atoms with Gasteiger partial charge in [0, 0.05) is 30.6 Å². The third kappa shape index (κ3) is 2.51. The van der Waals surface area contributed by atoms with E-state index in [0.29, 0.717) is 6.04 Å². The maximum Gasteiger partial charge on any atom is 0.185 e. The molecule has 2 aliphatic rings. The van der Waals surface area contributed by atoms with Crippen LogP contribution in [0.25, 0.3) is 0 Å². The van der Waals surface area contributed by atoms with Gasteiger partial charge in [-0.2, -0.15) is 0 Å². The lowest BCUT2D eigenvalue weighted by Gasteiger charge is -2.39. The van der Waals surface area contributed by atoms with Crippen molar-refractivity contribution >= 4 is 16.5 Å². The highest BCUT2D eigenvalue weighted by Gasteiger charge is 2.28. The molecule has 1 aromatic heterocycles. The molecular weight excluding hydrogens is 258 g/mol. The molecule has 0 amide bonds. The number of anilines is 1. The number of aliphatic hydroxyl groups excluding tert-OH is 1. The zero-order chi connectivity index (χ0) is 13.4. The van der Waals surface area contributed by atoms with Crippen molar-refractivity contribution in [1.82, 2.24) is 9.88 Å². The highest BCUT2D eigenvalue weighted by Crippen LogP contribution is 2.37. The second kappa shape index (κ2) is 5.38. The van der Waals surface area contributed by atoms with Crippen molar-refractivity contribution in [2.45, 2.75) is 45.3 Å². The summed E-state index contributed by atoms with van der Waals surface area (Å²) in [6.07, 6.45) is 2.73. The molecule has 3 rings (SSSR count). The zero-order valence-electron chi connectivity index (χ0n) is 11.8. The molecule has 0 aromatic carbocycles. The van der Waals surface area contributed by atoms with Gasteiger partial charge in [0.1, 0.15) is 0 Å². The molecule has 2 unspecified atom stereocenters. The van der Waals surface area contributed by atoms with Crippen LogP contribution in [0.5, 0.6) is 0 Å². The Balaban J connectivity index is 1.76. The average molecular weight is 281 g/mol. The van der Waals surface area contributed by atoms with E-state index < -0.39 is 0 Å². The molecular formula is C14H23N3OS. The molecule has 1 fully saturated rings. The summed E-state index contributed by atoms with van der Waals surface area (Å²) >= 11 is 1.79. The van der Waals surface area contributed by atoms with Gasteiger partial charge < -0.3 is 10.0 Å². The van der Waals surface area contributed by atoms with E-state index in [9.17, 15) is 5.11 Å². The van der Waals surface area contributed by atoms with E-state index >= 15 is 0 Å². The second-order valence-corrected chi connectivity index (χ2v) is 6.70. The molecule has 2 atom stereocenters. The van der Waals surface area contributed by atoms with E-state index in [2.05, 4.69) is 23.6 Å². The van der Waals surface area contributed by atoms with E-state index in [4.69, 9.17) is 4.98 Å². The number of fused-ring (bicyclic) bond motifs is 1. The summed E-state index contributed by atoms with van der Waals surface area (Å²) in [6.45, 7) is 8.87. The van der Waals surface area contributed by atoms with Gasteiger partial charge in [0.2, 0.25) is 0 Å². The van der Waals surface area contributed by atoms with Crippen LogP contribution in [0.3, 0.4) is 0 Å². The molecule has 0 bridgehead atoms. The quantitative estimate of drug-likeness (QED) is 0.900. The van der Waals surface area contributed by atoms with E-state index in [-0.39, 0.29) is 6.10 Å². The summed E-state index contributed by atoms with van der Waals surface area (Å²) in [5.41, 5.74) is 0.955. The Morgan fingerprint density at radius 2 is 2.26 bits per heavy atom. The lowest BCUT2D eigenvalue weighted by atomic mass is 10.0. The fourth-order valence-corrected chi connectivity index (χ4v) is 4.35. The SMILES string of the molecule is CCN1CCN(c2nc3c(s2)CCCC3O)CC1C. The van der Waals surface area contributed by atoms with E-state index in [0.717, 1.165) is 56.3 Å². The molecule has 5 heteroatoms. The summed E-state index contributed by atoms with van der Waals surface area (Å²) in [5.74, 6) is 0. The third-order valence-electron chi connectivity index (χ3n) is 4.36. The number of piperazine rings is 1. The van der Waals surface area contributed by atoms with Gasteiger partial charge >= 0.3 is 0 Å². The fourth-order valence-electron chi connectivity index (χ4n) is 3.16. The molecule has 106 valence electrons. The van der Waals surface area contributed by atoms with E-state index in [1.54, 1.807) is 11.3 Å². The molecule has 2 heterocycles. The van der Waals surface area contributed by atoms with Gasteiger partial charge in [0.05, 0.1) is 11.8 Å². The molecule has 1 aliphatic carbocycles. The third-order valence-corrected chi connectivity index (χ3v) is 5.55. The number of hydrogen-bond acceptors (Lipinski definition) is 5. The van der Waals surface area contributed by atoms with Crippen molar-refractivity contribution in [3.8, 4) is 0 Å². The van der Waals surface area contributed by atoms with Crippen LogP contribution in [0, 0.1) is 0 Å². The maximum atomic E-state index is 10.0. The van der Waals surface area contributed by atoms with Gasteiger partial charge in [-0.1, -0.05) is 6.92 Å². The van der Waals surface area contributed by atoms with Crippen molar-refractivity contribution in [1.29, 1.82) is 0 Å². The molecule has 0 saturated carbocycles. The molecule has 1 saturated heterocycles. The predicted octanol–water partition coefficient (Wildman–Crippen LogP) is 2.04. The number of rotatable bonds is 2. The number of likely N-dealkylation sites (N-methyl/N-ethyl adjacent to an activating group) is 1. The van der Waals surface area contributed by atoms with E-state index in [1.165, 1.54) is 4.88 Å². The van der Waals surface area contributed by atoms with Crippen molar-refractivity contribution in [3.63, 3.8) is 0 Å². The number of nitrogens with zero attached hydrogens (tertiary/aromatic N) is 3. The van der Waals surface area contributed by atoms with Crippen LogP contribution < -0.4 is 4.90 Å². The summed E-state index contributed by atoms with van der Waals surface area (Å²) < 4.78 is 0. The Morgan fingerprint density at radius 3 is 2.95 bits per heavy atom. The first kappa shape index (κ1) is 13.3. The highest BCUT2D eigenvalue weighted by molar-refractivity contribution is 7.15. The van der Waals surface area contributed by atoms with Crippen molar-refractivity contribution in [2.24, 2.45) is 0 Å². The fraction of sp³-hybridized carbons (Fsp3) is 0.786. The number of thiazole rings is 1. The minimum atomic E-state index is -0.330. The van der Waals surface area contributed by atoms with E-state index in [1.807, 2.05) is 0 Å². The summed E-state index contributed by atoms with van der Waals surface area (Å²) in [7, 11) is 0.